The summed E-state index contributed by atoms with van der Waals surface area (Å²) in [7, 11) is 1.23. The van der Waals surface area contributed by atoms with Crippen LogP contribution in [0.1, 0.15) is 38.5 Å². The smallest absolute Gasteiger partial charge is 0.339 e. The van der Waals surface area contributed by atoms with Crippen molar-refractivity contribution >= 4 is 34.4 Å². The Bertz CT molecular complexity index is 1140. The molecule has 174 valence electrons. The van der Waals surface area contributed by atoms with Crippen molar-refractivity contribution < 1.29 is 24.2 Å². The topological polar surface area (TPSA) is 77.8 Å². The maximum absolute atomic E-state index is 12.0. The molecule has 3 aromatic rings. The van der Waals surface area contributed by atoms with Gasteiger partial charge in [-0.15, -0.1) is 0 Å². The van der Waals surface area contributed by atoms with Crippen molar-refractivity contribution in [2.24, 2.45) is 0 Å². The fourth-order valence-corrected chi connectivity index (χ4v) is 4.71. The van der Waals surface area contributed by atoms with E-state index in [1.165, 1.54) is 7.11 Å². The molecule has 1 N–H and O–H groups in total. The summed E-state index contributed by atoms with van der Waals surface area (Å²) in [6.07, 6.45) is 2.81. The van der Waals surface area contributed by atoms with Crippen LogP contribution >= 0.6 is 11.6 Å². The van der Waals surface area contributed by atoms with E-state index in [1.54, 1.807) is 0 Å². The summed E-state index contributed by atoms with van der Waals surface area (Å²) in [6, 6.07) is 18.4. The monoisotopic (exact) mass is 469 g/mol. The van der Waals surface area contributed by atoms with E-state index in [4.69, 9.17) is 16.3 Å². The summed E-state index contributed by atoms with van der Waals surface area (Å²) >= 11 is 6.21. The molecule has 1 aliphatic rings. The molecule has 2 atom stereocenters. The molecule has 7 heteroatoms. The lowest BCUT2D eigenvalue weighted by Gasteiger charge is -2.15. The average molecular weight is 470 g/mol. The Labute approximate surface area is 198 Å². The second-order valence-corrected chi connectivity index (χ2v) is 9.05. The summed E-state index contributed by atoms with van der Waals surface area (Å²) < 4.78 is 12.2. The highest BCUT2D eigenvalue weighted by Crippen LogP contribution is 2.33. The predicted molar refractivity (Wildman–Crippen MR) is 127 cm³/mol. The van der Waals surface area contributed by atoms with Gasteiger partial charge in [0.2, 0.25) is 0 Å². The molecule has 0 saturated carbocycles. The summed E-state index contributed by atoms with van der Waals surface area (Å²) in [5, 5.41) is 12.3. The number of carbonyl (C=O) groups is 2. The van der Waals surface area contributed by atoms with Crippen LogP contribution in [0.4, 0.5) is 0 Å². The molecule has 33 heavy (non-hydrogen) atoms. The van der Waals surface area contributed by atoms with E-state index in [0.29, 0.717) is 6.42 Å². The van der Waals surface area contributed by atoms with E-state index in [-0.39, 0.29) is 18.9 Å². The van der Waals surface area contributed by atoms with Gasteiger partial charge in [-0.05, 0) is 49.1 Å². The maximum Gasteiger partial charge on any atom is 0.339 e. The Morgan fingerprint density at radius 1 is 1.18 bits per heavy atom. The molecule has 0 bridgehead atoms. The van der Waals surface area contributed by atoms with Gasteiger partial charge in [0.15, 0.2) is 5.60 Å². The van der Waals surface area contributed by atoms with Crippen molar-refractivity contribution in [2.45, 2.75) is 56.8 Å². The van der Waals surface area contributed by atoms with Crippen molar-refractivity contribution in [1.29, 1.82) is 0 Å². The van der Waals surface area contributed by atoms with Gasteiger partial charge in [-0.3, -0.25) is 4.79 Å². The second kappa shape index (κ2) is 9.98. The van der Waals surface area contributed by atoms with Crippen molar-refractivity contribution in [3.63, 3.8) is 0 Å². The third-order valence-corrected chi connectivity index (χ3v) is 6.46. The zero-order valence-corrected chi connectivity index (χ0v) is 19.4. The van der Waals surface area contributed by atoms with Gasteiger partial charge >= 0.3 is 11.9 Å². The van der Waals surface area contributed by atoms with Crippen LogP contribution in [-0.4, -0.2) is 40.4 Å². The first-order valence-electron chi connectivity index (χ1n) is 11.2. The van der Waals surface area contributed by atoms with E-state index >= 15 is 0 Å². The maximum atomic E-state index is 12.0. The number of hydrogen-bond donors (Lipinski definition) is 1. The quantitative estimate of drug-likeness (QED) is 0.347. The van der Waals surface area contributed by atoms with Gasteiger partial charge in [0, 0.05) is 34.6 Å². The number of unbranched alkanes of at least 4 members (excludes halogenated alkanes) is 2. The van der Waals surface area contributed by atoms with Gasteiger partial charge in [-0.25, -0.2) is 4.79 Å². The van der Waals surface area contributed by atoms with E-state index in [9.17, 15) is 14.7 Å². The van der Waals surface area contributed by atoms with Gasteiger partial charge in [0.05, 0.1) is 13.5 Å². The Kier molecular flexibility index (Phi) is 7.05. The van der Waals surface area contributed by atoms with Gasteiger partial charge < -0.3 is 19.1 Å². The lowest BCUT2D eigenvalue weighted by molar-refractivity contribution is -0.161. The summed E-state index contributed by atoms with van der Waals surface area (Å²) in [5.74, 6) is -1.35. The molecule has 2 aromatic carbocycles. The van der Waals surface area contributed by atoms with Gasteiger partial charge in [-0.1, -0.05) is 48.4 Å². The van der Waals surface area contributed by atoms with Crippen LogP contribution in [0.15, 0.2) is 54.6 Å². The average Bonchev–Trinajstić information content (AvgIpc) is 3.30. The number of hydrogen-bond acceptors (Lipinski definition) is 5. The van der Waals surface area contributed by atoms with E-state index < -0.39 is 17.5 Å². The molecule has 6 nitrogen and oxygen atoms in total. The van der Waals surface area contributed by atoms with Crippen molar-refractivity contribution in [2.75, 3.05) is 7.11 Å². The number of halogens is 1. The lowest BCUT2D eigenvalue weighted by atomic mass is 9.94. The molecule has 4 rings (SSSR count). The zero-order chi connectivity index (χ0) is 23.4. The number of benzene rings is 2. The molecule has 0 aliphatic carbocycles. The molecule has 0 radical (unpaired) electrons. The fourth-order valence-electron chi connectivity index (χ4n) is 4.53. The molecule has 1 saturated heterocycles. The number of esters is 2. The van der Waals surface area contributed by atoms with Crippen LogP contribution in [-0.2, 0) is 25.6 Å². The number of methoxy groups -OCH3 is 1. The minimum absolute atomic E-state index is 0.127. The number of aromatic nitrogens is 1. The van der Waals surface area contributed by atoms with E-state index in [0.717, 1.165) is 53.0 Å². The van der Waals surface area contributed by atoms with Crippen molar-refractivity contribution in [1.82, 2.24) is 4.57 Å². The summed E-state index contributed by atoms with van der Waals surface area (Å²) in [4.78, 5) is 23.5. The van der Waals surface area contributed by atoms with Gasteiger partial charge in [0.25, 0.3) is 0 Å². The van der Waals surface area contributed by atoms with Crippen LogP contribution in [0.2, 0.25) is 5.02 Å². The van der Waals surface area contributed by atoms with Crippen molar-refractivity contribution in [3.8, 4) is 11.3 Å². The highest BCUT2D eigenvalue weighted by Gasteiger charge is 2.49. The third-order valence-electron chi connectivity index (χ3n) is 6.22. The Morgan fingerprint density at radius 3 is 2.73 bits per heavy atom. The lowest BCUT2D eigenvalue weighted by Crippen LogP contribution is -2.37. The second-order valence-electron chi connectivity index (χ2n) is 8.62. The Hall–Kier alpha value is -2.83. The molecule has 2 heterocycles. The highest BCUT2D eigenvalue weighted by atomic mass is 35.5. The zero-order valence-electron chi connectivity index (χ0n) is 18.6. The van der Waals surface area contributed by atoms with E-state index in [2.05, 4.69) is 33.6 Å². The largest absolute Gasteiger partial charge is 0.469 e. The van der Waals surface area contributed by atoms with E-state index in [1.807, 2.05) is 30.3 Å². The number of aryl methyl sites for hydroxylation is 1. The predicted octanol–water partition coefficient (Wildman–Crippen LogP) is 5.13. The number of fused-ring (bicyclic) bond motifs is 1. The normalized spacial score (nSPS) is 20.2. The molecule has 0 spiro atoms. The number of cyclic esters (lactones) is 1. The van der Waals surface area contributed by atoms with Gasteiger partial charge in [-0.2, -0.15) is 0 Å². The van der Waals surface area contributed by atoms with Gasteiger partial charge in [0.1, 0.15) is 6.10 Å². The van der Waals surface area contributed by atoms with Crippen LogP contribution < -0.4 is 0 Å². The molecule has 0 unspecified atom stereocenters. The molecule has 0 amide bonds. The first kappa shape index (κ1) is 23.3. The minimum Gasteiger partial charge on any atom is -0.469 e. The van der Waals surface area contributed by atoms with Crippen LogP contribution in [0.5, 0.6) is 0 Å². The molecule has 1 aromatic heterocycles. The first-order valence-corrected chi connectivity index (χ1v) is 11.6. The van der Waals surface area contributed by atoms with Crippen LogP contribution in [0, 0.1) is 0 Å². The number of rotatable bonds is 9. The first-order chi connectivity index (χ1) is 15.9. The SMILES string of the molecule is COC(=O)C[C@@]1(O)C[C@@H](CCCCCn2c(-c3ccccc3)cc3cc(Cl)ccc32)OC1=O. The van der Waals surface area contributed by atoms with Crippen LogP contribution in [0.25, 0.3) is 22.2 Å². The summed E-state index contributed by atoms with van der Waals surface area (Å²) in [6.45, 7) is 0.853. The van der Waals surface area contributed by atoms with Crippen LogP contribution in [0.3, 0.4) is 0 Å². The molecule has 1 fully saturated rings. The third kappa shape index (κ3) is 5.23. The number of nitrogens with zero attached hydrogens (tertiary/aromatic N) is 1. The number of aliphatic hydroxyl groups is 1. The number of carbonyl (C=O) groups excluding carboxylic acids is 2. The minimum atomic E-state index is -1.77. The Morgan fingerprint density at radius 2 is 1.97 bits per heavy atom. The Balaban J connectivity index is 1.35. The standard InChI is InChI=1S/C26H28ClNO5/c1-32-24(29)17-26(31)16-21(33-25(26)30)10-6-3-7-13-28-22-12-11-20(27)14-19(22)15-23(28)18-8-4-2-5-9-18/h2,4-5,8-9,11-12,14-15,21,31H,3,6-7,10,13,16-17H2,1H3/t21-,26+/m1/s1. The molecular formula is C26H28ClNO5. The highest BCUT2D eigenvalue weighted by molar-refractivity contribution is 6.31. The number of ether oxygens (including phenoxy) is 2. The van der Waals surface area contributed by atoms with Crippen molar-refractivity contribution in [3.05, 3.63) is 59.6 Å². The summed E-state index contributed by atoms with van der Waals surface area (Å²) in [5.41, 5.74) is 1.70. The molecule has 1 aliphatic heterocycles. The molecular weight excluding hydrogens is 442 g/mol. The fraction of sp³-hybridized carbons (Fsp3) is 0.385.